The quantitative estimate of drug-likeness (QED) is 0.0523. The molecule has 11 heteroatoms. The van der Waals surface area contributed by atoms with Crippen molar-refractivity contribution in [3.8, 4) is 11.5 Å². The Hall–Kier alpha value is -4.09. The van der Waals surface area contributed by atoms with Gasteiger partial charge in [-0.3, -0.25) is 9.35 Å². The summed E-state index contributed by atoms with van der Waals surface area (Å²) in [6.07, 6.45) is 19.4. The van der Waals surface area contributed by atoms with Crippen LogP contribution in [-0.2, 0) is 14.9 Å². The topological polar surface area (TPSA) is 124 Å². The molecule has 0 bridgehead atoms. The van der Waals surface area contributed by atoms with E-state index in [0.29, 0.717) is 23.6 Å². The summed E-state index contributed by atoms with van der Waals surface area (Å²) in [6, 6.07) is 19.6. The number of nitrogens with zero attached hydrogens (tertiary/aromatic N) is 5. The lowest BCUT2D eigenvalue weighted by atomic mass is 10.0. The van der Waals surface area contributed by atoms with E-state index < -0.39 is 27.0 Å². The molecule has 53 heavy (non-hydrogen) atoms. The fourth-order valence-corrected chi connectivity index (χ4v) is 7.26. The van der Waals surface area contributed by atoms with Gasteiger partial charge in [-0.05, 0) is 81.3 Å². The Balaban J connectivity index is 1.39. The summed E-state index contributed by atoms with van der Waals surface area (Å²) in [4.78, 5) is 15.6. The number of benzene rings is 3. The van der Waals surface area contributed by atoms with E-state index in [1.807, 2.05) is 30.3 Å². The van der Waals surface area contributed by atoms with Gasteiger partial charge in [0.05, 0.1) is 17.1 Å². The van der Waals surface area contributed by atoms with E-state index in [1.165, 1.54) is 89.2 Å². The minimum atomic E-state index is -4.70. The highest BCUT2D eigenvalue weighted by molar-refractivity contribution is 7.86. The van der Waals surface area contributed by atoms with Gasteiger partial charge in [0.2, 0.25) is 0 Å². The Kier molecular flexibility index (Phi) is 17.5. The summed E-state index contributed by atoms with van der Waals surface area (Å²) in [7, 11) is -4.70. The molecule has 1 heterocycles. The Morgan fingerprint density at radius 1 is 0.755 bits per heavy atom. The van der Waals surface area contributed by atoms with Crippen LogP contribution in [0.4, 0.5) is 17.1 Å². The van der Waals surface area contributed by atoms with Crippen LogP contribution in [0, 0.1) is 0 Å². The number of para-hydroxylation sites is 1. The summed E-state index contributed by atoms with van der Waals surface area (Å²) < 4.78 is 40.8. The average molecular weight is 746 g/mol. The lowest BCUT2D eigenvalue weighted by molar-refractivity contribution is -0.117. The van der Waals surface area contributed by atoms with Gasteiger partial charge in [-0.25, -0.2) is 0 Å². The molecule has 3 aromatic carbocycles. The van der Waals surface area contributed by atoms with Crippen molar-refractivity contribution in [2.45, 2.75) is 134 Å². The van der Waals surface area contributed by atoms with Crippen LogP contribution in [-0.4, -0.2) is 43.7 Å². The van der Waals surface area contributed by atoms with Crippen LogP contribution < -0.4 is 14.6 Å². The van der Waals surface area contributed by atoms with Crippen LogP contribution in [0.25, 0.3) is 0 Å². The van der Waals surface area contributed by atoms with Gasteiger partial charge in [-0.2, -0.15) is 28.8 Å². The first-order valence-corrected chi connectivity index (χ1v) is 21.2. The second-order valence-corrected chi connectivity index (χ2v) is 15.2. The summed E-state index contributed by atoms with van der Waals surface area (Å²) in [5.74, 6) is -0.111. The molecule has 1 aliphatic heterocycles. The fourth-order valence-electron chi connectivity index (χ4n) is 6.63. The number of unbranched alkanes of at least 4 members (excludes halogenated alkanes) is 14. The summed E-state index contributed by atoms with van der Waals surface area (Å²) in [5, 5.41) is 14.7. The van der Waals surface area contributed by atoms with Crippen molar-refractivity contribution in [1.82, 2.24) is 0 Å². The first-order chi connectivity index (χ1) is 25.7. The van der Waals surface area contributed by atoms with E-state index >= 15 is 0 Å². The molecule has 0 spiro atoms. The molecule has 1 N–H and O–H groups in total. The molecule has 288 valence electrons. The largest absolute Gasteiger partial charge is 0.456 e. The number of azo groups is 1. The first kappa shape index (κ1) is 41.7. The van der Waals surface area contributed by atoms with Crippen molar-refractivity contribution >= 4 is 38.8 Å². The number of carbonyl (C=O) groups is 1. The number of ether oxygens (including phenoxy) is 1. The number of carbonyl (C=O) groups excluding carboxylic acids is 1. The van der Waals surface area contributed by atoms with Gasteiger partial charge in [0.15, 0.2) is 6.04 Å². The third-order valence-corrected chi connectivity index (χ3v) is 10.6. The minimum Gasteiger partial charge on any atom is -0.456 e. The van der Waals surface area contributed by atoms with E-state index in [9.17, 15) is 17.8 Å². The Morgan fingerprint density at radius 3 is 1.87 bits per heavy atom. The number of hydrogen-bond donors (Lipinski definition) is 1. The zero-order chi connectivity index (χ0) is 37.9. The maximum absolute atomic E-state index is 13.9. The fraction of sp³-hybridized carbons (Fsp3) is 0.524. The van der Waals surface area contributed by atoms with Crippen LogP contribution in [0.15, 0.2) is 93.0 Å². The number of hydrogen-bond acceptors (Lipinski definition) is 8. The van der Waals surface area contributed by atoms with Crippen LogP contribution in [0.1, 0.15) is 124 Å². The molecule has 0 aliphatic carbocycles. The molecule has 4 rings (SSSR count). The Morgan fingerprint density at radius 2 is 1.32 bits per heavy atom. The monoisotopic (exact) mass is 745 g/mol. The van der Waals surface area contributed by atoms with Gasteiger partial charge in [-0.1, -0.05) is 115 Å². The molecule has 1 atom stereocenters. The average Bonchev–Trinajstić information content (AvgIpc) is 3.47. The maximum atomic E-state index is 13.9. The minimum absolute atomic E-state index is 0.0690. The Bertz CT molecular complexity index is 1710. The molecule has 0 saturated heterocycles. The molecular formula is C42H59N5O5S. The van der Waals surface area contributed by atoms with Gasteiger partial charge >= 0.3 is 0 Å². The van der Waals surface area contributed by atoms with Crippen LogP contribution in [0.2, 0.25) is 0 Å². The second kappa shape index (κ2) is 22.2. The standard InChI is InChI=1S/C42H59N5O5S/c1-4-7-8-9-10-11-12-13-14-15-16-17-18-19-23-26-38-41(44-43-34-27-29-35(30-28-34)46(5-2)6-3)42(48)47(45-38)36-31-32-39(40(33-36)53(49,50)51)52-37-24-21-20-22-25-37/h20-22,24-25,27-33,41H,4-19,23,26H2,1-3H3,(H,49,50,51). The third-order valence-electron chi connectivity index (χ3n) is 9.71. The molecule has 0 saturated carbocycles. The van der Waals surface area contributed by atoms with Gasteiger partial charge in [-0.15, -0.1) is 0 Å². The van der Waals surface area contributed by atoms with Crippen molar-refractivity contribution in [3.63, 3.8) is 0 Å². The van der Waals surface area contributed by atoms with E-state index in [4.69, 9.17) is 4.74 Å². The predicted molar refractivity (Wildman–Crippen MR) is 216 cm³/mol. The van der Waals surface area contributed by atoms with Gasteiger partial charge in [0, 0.05) is 18.8 Å². The Labute approximate surface area is 317 Å². The molecular weight excluding hydrogens is 687 g/mol. The lowest BCUT2D eigenvalue weighted by Gasteiger charge is -2.20. The molecule has 1 unspecified atom stereocenters. The van der Waals surface area contributed by atoms with Crippen LogP contribution in [0.3, 0.4) is 0 Å². The second-order valence-electron chi connectivity index (χ2n) is 13.8. The molecule has 1 amide bonds. The number of rotatable bonds is 25. The lowest BCUT2D eigenvalue weighted by Crippen LogP contribution is -2.30. The van der Waals surface area contributed by atoms with Crippen LogP contribution in [0.5, 0.6) is 11.5 Å². The number of anilines is 2. The first-order valence-electron chi connectivity index (χ1n) is 19.8. The maximum Gasteiger partial charge on any atom is 0.298 e. The highest BCUT2D eigenvalue weighted by atomic mass is 32.2. The van der Waals surface area contributed by atoms with Gasteiger partial charge in [0.1, 0.15) is 16.4 Å². The van der Waals surface area contributed by atoms with E-state index in [2.05, 4.69) is 41.0 Å². The smallest absolute Gasteiger partial charge is 0.298 e. The summed E-state index contributed by atoms with van der Waals surface area (Å²) in [6.45, 7) is 8.26. The molecule has 0 fully saturated rings. The summed E-state index contributed by atoms with van der Waals surface area (Å²) in [5.41, 5.74) is 2.46. The van der Waals surface area contributed by atoms with Crippen molar-refractivity contribution in [2.75, 3.05) is 23.0 Å². The highest BCUT2D eigenvalue weighted by Gasteiger charge is 2.37. The van der Waals surface area contributed by atoms with Crippen molar-refractivity contribution in [2.24, 2.45) is 15.3 Å². The van der Waals surface area contributed by atoms with Crippen LogP contribution >= 0.6 is 0 Å². The zero-order valence-corrected chi connectivity index (χ0v) is 32.8. The third kappa shape index (κ3) is 13.4. The number of hydrazone groups is 1. The molecule has 10 nitrogen and oxygen atoms in total. The zero-order valence-electron chi connectivity index (χ0n) is 32.0. The van der Waals surface area contributed by atoms with E-state index in [-0.39, 0.29) is 11.4 Å². The van der Waals surface area contributed by atoms with Gasteiger partial charge < -0.3 is 9.64 Å². The van der Waals surface area contributed by atoms with Crippen molar-refractivity contribution in [3.05, 3.63) is 72.8 Å². The normalized spacial score (nSPS) is 14.6. The van der Waals surface area contributed by atoms with E-state index in [0.717, 1.165) is 43.0 Å². The SMILES string of the molecule is CCCCCCCCCCCCCCCCCC1=NN(c2ccc(Oc3ccccc3)c(S(=O)(=O)O)c2)C(=O)C1N=Nc1ccc(N(CC)CC)cc1. The van der Waals surface area contributed by atoms with Crippen molar-refractivity contribution < 1.29 is 22.5 Å². The number of amides is 1. The molecule has 0 aromatic heterocycles. The molecule has 0 radical (unpaired) electrons. The highest BCUT2D eigenvalue weighted by Crippen LogP contribution is 2.35. The van der Waals surface area contributed by atoms with E-state index in [1.54, 1.807) is 30.3 Å². The molecule has 1 aliphatic rings. The predicted octanol–water partition coefficient (Wildman–Crippen LogP) is 11.7. The summed E-state index contributed by atoms with van der Waals surface area (Å²) >= 11 is 0. The van der Waals surface area contributed by atoms with Gasteiger partial charge in [0.25, 0.3) is 16.0 Å². The molecule has 3 aromatic rings. The van der Waals surface area contributed by atoms with Crippen molar-refractivity contribution in [1.29, 1.82) is 0 Å².